The van der Waals surface area contributed by atoms with Crippen LogP contribution >= 0.6 is 0 Å². The van der Waals surface area contributed by atoms with Gasteiger partial charge in [0.25, 0.3) is 0 Å². The van der Waals surface area contributed by atoms with E-state index in [0.717, 1.165) is 27.9 Å². The second-order valence-electron chi connectivity index (χ2n) is 5.95. The van der Waals surface area contributed by atoms with Gasteiger partial charge in [0.1, 0.15) is 6.26 Å². The topological polar surface area (TPSA) is 81.2 Å². The number of oxazole rings is 1. The quantitative estimate of drug-likeness (QED) is 0.738. The SMILES string of the molecule is CCC(N)C(=O)Nc1ccc(-c2cc(-c3ncco3)ccc2C)cc1. The summed E-state index contributed by atoms with van der Waals surface area (Å²) in [5.41, 5.74) is 10.7. The van der Waals surface area contributed by atoms with Crippen molar-refractivity contribution in [2.75, 3.05) is 5.32 Å². The molecule has 5 heteroatoms. The van der Waals surface area contributed by atoms with Gasteiger partial charge in [-0.2, -0.15) is 0 Å². The molecule has 0 saturated carbocycles. The third-order valence-electron chi connectivity index (χ3n) is 4.16. The van der Waals surface area contributed by atoms with Gasteiger partial charge in [-0.15, -0.1) is 0 Å². The van der Waals surface area contributed by atoms with Crippen molar-refractivity contribution in [1.29, 1.82) is 0 Å². The van der Waals surface area contributed by atoms with Crippen molar-refractivity contribution in [3.8, 4) is 22.6 Å². The number of benzene rings is 2. The molecule has 128 valence electrons. The van der Waals surface area contributed by atoms with E-state index in [1.54, 1.807) is 12.5 Å². The van der Waals surface area contributed by atoms with E-state index >= 15 is 0 Å². The summed E-state index contributed by atoms with van der Waals surface area (Å²) >= 11 is 0. The standard InChI is InChI=1S/C20H21N3O2/c1-3-18(21)19(24)23-16-8-6-14(7-9-16)17-12-15(5-4-13(17)2)20-22-10-11-25-20/h4-12,18H,3,21H2,1-2H3,(H,23,24). The fraction of sp³-hybridized carbons (Fsp3) is 0.200. The molecule has 0 aliphatic rings. The van der Waals surface area contributed by atoms with Gasteiger partial charge in [0, 0.05) is 11.3 Å². The molecule has 0 radical (unpaired) electrons. The van der Waals surface area contributed by atoms with Crippen LogP contribution in [0.4, 0.5) is 5.69 Å². The molecule has 1 unspecified atom stereocenters. The van der Waals surface area contributed by atoms with Gasteiger partial charge in [-0.1, -0.05) is 25.1 Å². The third kappa shape index (κ3) is 3.78. The largest absolute Gasteiger partial charge is 0.445 e. The highest BCUT2D eigenvalue weighted by atomic mass is 16.3. The van der Waals surface area contributed by atoms with E-state index in [1.807, 2.05) is 43.3 Å². The summed E-state index contributed by atoms with van der Waals surface area (Å²) in [5.74, 6) is 0.427. The van der Waals surface area contributed by atoms with Gasteiger partial charge in [0.2, 0.25) is 11.8 Å². The number of carbonyl (C=O) groups is 1. The Hall–Kier alpha value is -2.92. The molecule has 1 heterocycles. The number of anilines is 1. The number of hydrogen-bond acceptors (Lipinski definition) is 4. The molecule has 5 nitrogen and oxygen atoms in total. The first-order valence-electron chi connectivity index (χ1n) is 8.26. The second kappa shape index (κ2) is 7.32. The van der Waals surface area contributed by atoms with Crippen LogP contribution in [-0.2, 0) is 4.79 Å². The Morgan fingerprint density at radius 2 is 1.92 bits per heavy atom. The molecule has 2 aromatic carbocycles. The van der Waals surface area contributed by atoms with Crippen LogP contribution in [-0.4, -0.2) is 16.9 Å². The lowest BCUT2D eigenvalue weighted by Gasteiger charge is -2.12. The molecule has 0 bridgehead atoms. The van der Waals surface area contributed by atoms with Crippen molar-refractivity contribution in [3.05, 3.63) is 60.5 Å². The van der Waals surface area contributed by atoms with E-state index < -0.39 is 6.04 Å². The molecule has 1 aromatic heterocycles. The number of rotatable bonds is 5. The molecule has 3 aromatic rings. The van der Waals surface area contributed by atoms with Crippen LogP contribution < -0.4 is 11.1 Å². The molecule has 0 aliphatic heterocycles. The minimum atomic E-state index is -0.487. The lowest BCUT2D eigenvalue weighted by Crippen LogP contribution is -2.34. The predicted octanol–water partition coefficient (Wildman–Crippen LogP) is 3.99. The van der Waals surface area contributed by atoms with Gasteiger partial charge in [-0.3, -0.25) is 4.79 Å². The summed E-state index contributed by atoms with van der Waals surface area (Å²) in [4.78, 5) is 16.1. The summed E-state index contributed by atoms with van der Waals surface area (Å²) in [5, 5.41) is 2.83. The highest BCUT2D eigenvalue weighted by Crippen LogP contribution is 2.29. The minimum absolute atomic E-state index is 0.169. The molecular weight excluding hydrogens is 314 g/mol. The van der Waals surface area contributed by atoms with E-state index in [1.165, 1.54) is 0 Å². The summed E-state index contributed by atoms with van der Waals surface area (Å²) < 4.78 is 5.38. The molecular formula is C20H21N3O2. The van der Waals surface area contributed by atoms with Crippen molar-refractivity contribution >= 4 is 11.6 Å². The van der Waals surface area contributed by atoms with Gasteiger partial charge in [-0.25, -0.2) is 4.98 Å². The first kappa shape index (κ1) is 16.9. The van der Waals surface area contributed by atoms with E-state index in [4.69, 9.17) is 10.2 Å². The van der Waals surface area contributed by atoms with E-state index in [0.29, 0.717) is 12.3 Å². The Morgan fingerprint density at radius 1 is 1.20 bits per heavy atom. The monoisotopic (exact) mass is 335 g/mol. The fourth-order valence-corrected chi connectivity index (χ4v) is 2.59. The fourth-order valence-electron chi connectivity index (χ4n) is 2.59. The van der Waals surface area contributed by atoms with E-state index in [-0.39, 0.29) is 5.91 Å². The predicted molar refractivity (Wildman–Crippen MR) is 99.0 cm³/mol. The van der Waals surface area contributed by atoms with Crippen LogP contribution in [0.25, 0.3) is 22.6 Å². The van der Waals surface area contributed by atoms with Gasteiger partial charge in [0.15, 0.2) is 0 Å². The smallest absolute Gasteiger partial charge is 0.241 e. The lowest BCUT2D eigenvalue weighted by atomic mass is 9.98. The first-order valence-corrected chi connectivity index (χ1v) is 8.26. The van der Waals surface area contributed by atoms with Crippen LogP contribution in [0.5, 0.6) is 0 Å². The van der Waals surface area contributed by atoms with Gasteiger partial charge < -0.3 is 15.5 Å². The van der Waals surface area contributed by atoms with Crippen molar-refractivity contribution in [2.24, 2.45) is 5.73 Å². The van der Waals surface area contributed by atoms with Crippen molar-refractivity contribution in [2.45, 2.75) is 26.3 Å². The lowest BCUT2D eigenvalue weighted by molar-refractivity contribution is -0.117. The number of amides is 1. The Bertz CT molecular complexity index is 855. The van der Waals surface area contributed by atoms with Crippen LogP contribution in [0.2, 0.25) is 0 Å². The second-order valence-corrected chi connectivity index (χ2v) is 5.95. The molecule has 3 N–H and O–H groups in total. The summed E-state index contributed by atoms with van der Waals surface area (Å²) in [7, 11) is 0. The minimum Gasteiger partial charge on any atom is -0.445 e. The summed E-state index contributed by atoms with van der Waals surface area (Å²) in [6, 6.07) is 13.3. The molecule has 0 fully saturated rings. The number of nitrogens with two attached hydrogens (primary N) is 1. The average Bonchev–Trinajstić information content (AvgIpc) is 3.17. The number of aryl methyl sites for hydroxylation is 1. The zero-order valence-electron chi connectivity index (χ0n) is 14.3. The molecule has 25 heavy (non-hydrogen) atoms. The van der Waals surface area contributed by atoms with Crippen molar-refractivity contribution in [3.63, 3.8) is 0 Å². The molecule has 3 rings (SSSR count). The Balaban J connectivity index is 1.85. The van der Waals surface area contributed by atoms with Crippen LogP contribution in [0.1, 0.15) is 18.9 Å². The van der Waals surface area contributed by atoms with E-state index in [9.17, 15) is 4.79 Å². The van der Waals surface area contributed by atoms with Crippen molar-refractivity contribution < 1.29 is 9.21 Å². The molecule has 0 aliphatic carbocycles. The van der Waals surface area contributed by atoms with Gasteiger partial charge >= 0.3 is 0 Å². The highest BCUT2D eigenvalue weighted by Gasteiger charge is 2.11. The van der Waals surface area contributed by atoms with Gasteiger partial charge in [-0.05, 0) is 54.3 Å². The number of carbonyl (C=O) groups excluding carboxylic acids is 1. The van der Waals surface area contributed by atoms with Crippen molar-refractivity contribution in [1.82, 2.24) is 4.98 Å². The molecule has 0 spiro atoms. The maximum atomic E-state index is 11.9. The number of nitrogens with zero attached hydrogens (tertiary/aromatic N) is 1. The normalized spacial score (nSPS) is 12.0. The zero-order valence-corrected chi connectivity index (χ0v) is 14.3. The van der Waals surface area contributed by atoms with Crippen LogP contribution in [0.3, 0.4) is 0 Å². The molecule has 1 amide bonds. The number of nitrogens with one attached hydrogen (secondary N) is 1. The number of aromatic nitrogens is 1. The summed E-state index contributed by atoms with van der Waals surface area (Å²) in [6.45, 7) is 3.95. The number of hydrogen-bond donors (Lipinski definition) is 2. The first-order chi connectivity index (χ1) is 12.1. The summed E-state index contributed by atoms with van der Waals surface area (Å²) in [6.07, 6.45) is 3.80. The van der Waals surface area contributed by atoms with Crippen LogP contribution in [0.15, 0.2) is 59.3 Å². The molecule has 0 saturated heterocycles. The Morgan fingerprint density at radius 3 is 2.56 bits per heavy atom. The maximum Gasteiger partial charge on any atom is 0.241 e. The van der Waals surface area contributed by atoms with Crippen LogP contribution in [0, 0.1) is 6.92 Å². The zero-order chi connectivity index (χ0) is 17.8. The maximum absolute atomic E-state index is 11.9. The van der Waals surface area contributed by atoms with Gasteiger partial charge in [0.05, 0.1) is 12.2 Å². The van der Waals surface area contributed by atoms with E-state index in [2.05, 4.69) is 23.3 Å². The molecule has 1 atom stereocenters. The Kier molecular flexibility index (Phi) is 4.95. The third-order valence-corrected chi connectivity index (χ3v) is 4.16. The highest BCUT2D eigenvalue weighted by molar-refractivity contribution is 5.94. The average molecular weight is 335 g/mol. The Labute approximate surface area is 146 Å².